The number of methoxy groups -OCH3 is 1. The third-order valence-corrected chi connectivity index (χ3v) is 4.36. The number of amidine groups is 1. The Morgan fingerprint density at radius 3 is 2.52 bits per heavy atom. The van der Waals surface area contributed by atoms with E-state index in [1.807, 2.05) is 24.3 Å². The lowest BCUT2D eigenvalue weighted by Gasteiger charge is -2.19. The van der Waals surface area contributed by atoms with E-state index in [-0.39, 0.29) is 5.91 Å². The van der Waals surface area contributed by atoms with E-state index in [4.69, 9.17) is 4.74 Å². The molecule has 1 amide bonds. The number of rotatable bonds is 6. The lowest BCUT2D eigenvalue weighted by molar-refractivity contribution is -0.115. The van der Waals surface area contributed by atoms with Gasteiger partial charge in [0.05, 0.1) is 25.2 Å². The fourth-order valence-electron chi connectivity index (χ4n) is 2.05. The highest BCUT2D eigenvalue weighted by Gasteiger charge is 2.29. The second-order valence-corrected chi connectivity index (χ2v) is 5.54. The summed E-state index contributed by atoms with van der Waals surface area (Å²) in [6, 6.07) is 7.48. The normalized spacial score (nSPS) is 17.0. The van der Waals surface area contributed by atoms with Gasteiger partial charge in [-0.1, -0.05) is 25.6 Å². The number of carbonyl (C=O) groups is 1. The summed E-state index contributed by atoms with van der Waals surface area (Å²) in [5, 5.41) is 0.775. The molecule has 1 fully saturated rings. The number of ether oxygens (including phenoxy) is 1. The summed E-state index contributed by atoms with van der Waals surface area (Å²) in [5.41, 5.74) is 0.837. The minimum Gasteiger partial charge on any atom is -0.497 e. The van der Waals surface area contributed by atoms with E-state index in [0.717, 1.165) is 29.7 Å². The van der Waals surface area contributed by atoms with E-state index in [9.17, 15) is 4.79 Å². The number of carbonyl (C=O) groups excluding carboxylic acids is 1. The number of amides is 1. The summed E-state index contributed by atoms with van der Waals surface area (Å²) in [6.07, 6.45) is 0. The van der Waals surface area contributed by atoms with Crippen LogP contribution in [0, 0.1) is 0 Å². The predicted molar refractivity (Wildman–Crippen MR) is 88.2 cm³/mol. The number of hydrogen-bond donors (Lipinski definition) is 0. The SMILES string of the molecule is CCN(CC)CN=C1SCC(=O)N1c1ccc(OC)cc1. The Morgan fingerprint density at radius 2 is 1.95 bits per heavy atom. The van der Waals surface area contributed by atoms with Crippen molar-refractivity contribution in [3.8, 4) is 5.75 Å². The quantitative estimate of drug-likeness (QED) is 0.810. The van der Waals surface area contributed by atoms with Crippen molar-refractivity contribution >= 4 is 28.5 Å². The average Bonchev–Trinajstić information content (AvgIpc) is 2.89. The third-order valence-electron chi connectivity index (χ3n) is 3.40. The monoisotopic (exact) mass is 307 g/mol. The van der Waals surface area contributed by atoms with Crippen LogP contribution in [0.15, 0.2) is 29.3 Å². The highest BCUT2D eigenvalue weighted by molar-refractivity contribution is 8.15. The molecule has 0 unspecified atom stereocenters. The van der Waals surface area contributed by atoms with Crippen LogP contribution < -0.4 is 9.64 Å². The lowest BCUT2D eigenvalue weighted by atomic mass is 10.3. The predicted octanol–water partition coefficient (Wildman–Crippen LogP) is 2.43. The van der Waals surface area contributed by atoms with Gasteiger partial charge in [0.25, 0.3) is 0 Å². The number of aliphatic imine (C=N–C) groups is 1. The van der Waals surface area contributed by atoms with Crippen LogP contribution in [0.5, 0.6) is 5.75 Å². The van der Waals surface area contributed by atoms with Gasteiger partial charge in [-0.3, -0.25) is 14.6 Å². The molecule has 5 nitrogen and oxygen atoms in total. The standard InChI is InChI=1S/C15H21N3O2S/c1-4-17(5-2)11-16-15-18(14(19)10-21-15)12-6-8-13(20-3)9-7-12/h6-9H,4-5,10-11H2,1-3H3. The highest BCUT2D eigenvalue weighted by atomic mass is 32.2. The molecule has 0 atom stereocenters. The zero-order chi connectivity index (χ0) is 15.2. The Bertz CT molecular complexity index is 512. The molecule has 6 heteroatoms. The van der Waals surface area contributed by atoms with Crippen LogP contribution in [-0.2, 0) is 4.79 Å². The van der Waals surface area contributed by atoms with Crippen molar-refractivity contribution in [3.63, 3.8) is 0 Å². The Labute approximate surface area is 130 Å². The molecule has 0 aromatic heterocycles. The topological polar surface area (TPSA) is 45.1 Å². The zero-order valence-electron chi connectivity index (χ0n) is 12.7. The first-order chi connectivity index (χ1) is 10.2. The van der Waals surface area contributed by atoms with E-state index >= 15 is 0 Å². The number of benzene rings is 1. The van der Waals surface area contributed by atoms with Gasteiger partial charge in [-0.25, -0.2) is 4.99 Å². The lowest BCUT2D eigenvalue weighted by Crippen LogP contribution is -2.31. The first kappa shape index (κ1) is 15.9. The Hall–Kier alpha value is -1.53. The molecule has 21 heavy (non-hydrogen) atoms. The van der Waals surface area contributed by atoms with E-state index in [0.29, 0.717) is 12.4 Å². The zero-order valence-corrected chi connectivity index (χ0v) is 13.5. The maximum Gasteiger partial charge on any atom is 0.243 e. The molecule has 1 saturated heterocycles. The average molecular weight is 307 g/mol. The molecule has 0 bridgehead atoms. The van der Waals surface area contributed by atoms with Crippen LogP contribution in [-0.4, -0.2) is 48.6 Å². The van der Waals surface area contributed by atoms with Crippen LogP contribution in [0.3, 0.4) is 0 Å². The maximum absolute atomic E-state index is 12.1. The van der Waals surface area contributed by atoms with Crippen LogP contribution in [0.4, 0.5) is 5.69 Å². The summed E-state index contributed by atoms with van der Waals surface area (Å²) in [5.74, 6) is 1.30. The summed E-state index contributed by atoms with van der Waals surface area (Å²) in [6.45, 7) is 6.74. The van der Waals surface area contributed by atoms with Crippen molar-refractivity contribution in [3.05, 3.63) is 24.3 Å². The van der Waals surface area contributed by atoms with Crippen molar-refractivity contribution < 1.29 is 9.53 Å². The maximum atomic E-state index is 12.1. The van der Waals surface area contributed by atoms with Gasteiger partial charge in [-0.05, 0) is 37.4 Å². The first-order valence-electron chi connectivity index (χ1n) is 7.06. The van der Waals surface area contributed by atoms with Gasteiger partial charge in [0.2, 0.25) is 5.91 Å². The van der Waals surface area contributed by atoms with Crippen molar-refractivity contribution in [1.82, 2.24) is 4.90 Å². The summed E-state index contributed by atoms with van der Waals surface area (Å²) < 4.78 is 5.15. The van der Waals surface area contributed by atoms with Crippen LogP contribution in [0.1, 0.15) is 13.8 Å². The molecule has 1 aliphatic rings. The Kier molecular flexibility index (Phi) is 5.64. The van der Waals surface area contributed by atoms with Gasteiger partial charge >= 0.3 is 0 Å². The summed E-state index contributed by atoms with van der Waals surface area (Å²) >= 11 is 1.49. The smallest absolute Gasteiger partial charge is 0.243 e. The van der Waals surface area contributed by atoms with Gasteiger partial charge in [0.15, 0.2) is 5.17 Å². The fraction of sp³-hybridized carbons (Fsp3) is 0.467. The number of nitrogens with zero attached hydrogens (tertiary/aromatic N) is 3. The van der Waals surface area contributed by atoms with Gasteiger partial charge < -0.3 is 4.74 Å². The molecule has 1 heterocycles. The van der Waals surface area contributed by atoms with Crippen LogP contribution in [0.2, 0.25) is 0 Å². The van der Waals surface area contributed by atoms with Crippen molar-refractivity contribution in [2.45, 2.75) is 13.8 Å². The second kappa shape index (κ2) is 7.47. The van der Waals surface area contributed by atoms with E-state index in [2.05, 4.69) is 23.7 Å². The molecule has 2 rings (SSSR count). The highest BCUT2D eigenvalue weighted by Crippen LogP contribution is 2.28. The Morgan fingerprint density at radius 1 is 1.29 bits per heavy atom. The van der Waals surface area contributed by atoms with E-state index in [1.54, 1.807) is 12.0 Å². The molecule has 0 aliphatic carbocycles. The fourth-order valence-corrected chi connectivity index (χ4v) is 2.92. The molecule has 1 aromatic carbocycles. The summed E-state index contributed by atoms with van der Waals surface area (Å²) in [7, 11) is 1.63. The van der Waals surface area contributed by atoms with Crippen molar-refractivity contribution in [2.24, 2.45) is 4.99 Å². The molecule has 1 aromatic rings. The minimum absolute atomic E-state index is 0.0727. The molecule has 1 aliphatic heterocycles. The van der Waals surface area contributed by atoms with E-state index in [1.165, 1.54) is 11.8 Å². The number of thioether (sulfide) groups is 1. The van der Waals surface area contributed by atoms with Crippen LogP contribution >= 0.6 is 11.8 Å². The van der Waals surface area contributed by atoms with Crippen molar-refractivity contribution in [1.29, 1.82) is 0 Å². The summed E-state index contributed by atoms with van der Waals surface area (Å²) in [4.78, 5) is 20.6. The largest absolute Gasteiger partial charge is 0.497 e. The van der Waals surface area contributed by atoms with Crippen LogP contribution in [0.25, 0.3) is 0 Å². The first-order valence-corrected chi connectivity index (χ1v) is 8.04. The molecular formula is C15H21N3O2S. The third kappa shape index (κ3) is 3.77. The van der Waals surface area contributed by atoms with Crippen molar-refractivity contribution in [2.75, 3.05) is 37.5 Å². The van der Waals surface area contributed by atoms with Gasteiger partial charge in [0.1, 0.15) is 5.75 Å². The molecular weight excluding hydrogens is 286 g/mol. The Balaban J connectivity index is 2.17. The molecule has 0 N–H and O–H groups in total. The molecule has 0 spiro atoms. The second-order valence-electron chi connectivity index (χ2n) is 4.60. The van der Waals surface area contributed by atoms with Gasteiger partial charge in [0, 0.05) is 0 Å². The number of anilines is 1. The van der Waals surface area contributed by atoms with Gasteiger partial charge in [-0.15, -0.1) is 0 Å². The molecule has 114 valence electrons. The minimum atomic E-state index is 0.0727. The molecule has 0 radical (unpaired) electrons. The molecule has 0 saturated carbocycles. The number of hydrogen-bond acceptors (Lipinski definition) is 5. The van der Waals surface area contributed by atoms with E-state index < -0.39 is 0 Å². The van der Waals surface area contributed by atoms with Gasteiger partial charge in [-0.2, -0.15) is 0 Å².